The maximum atomic E-state index is 12.4. The summed E-state index contributed by atoms with van der Waals surface area (Å²) in [5.41, 5.74) is 5.21. The van der Waals surface area contributed by atoms with Crippen molar-refractivity contribution in [1.29, 1.82) is 0 Å². The van der Waals surface area contributed by atoms with E-state index < -0.39 is 11.8 Å². The Morgan fingerprint density at radius 3 is 2.83 bits per heavy atom. The predicted octanol–water partition coefficient (Wildman–Crippen LogP) is 0.515. The monoisotopic (exact) mass is 174 g/mol. The zero-order valence-electron chi connectivity index (χ0n) is 6.24. The van der Waals surface area contributed by atoms with Crippen LogP contribution in [0, 0.1) is 5.92 Å². The highest BCUT2D eigenvalue weighted by Crippen LogP contribution is 2.49. The van der Waals surface area contributed by atoms with E-state index >= 15 is 0 Å². The summed E-state index contributed by atoms with van der Waals surface area (Å²) in [6.07, 6.45) is 1.32. The van der Waals surface area contributed by atoms with Gasteiger partial charge in [-0.3, -0.25) is 4.68 Å². The van der Waals surface area contributed by atoms with Crippen LogP contribution in [0.2, 0.25) is 0 Å². The van der Waals surface area contributed by atoms with E-state index in [1.54, 1.807) is 0 Å². The molecular formula is C6H8F2N4. The Morgan fingerprint density at radius 1 is 1.75 bits per heavy atom. The summed E-state index contributed by atoms with van der Waals surface area (Å²) in [4.78, 5) is 3.63. The second-order valence-corrected chi connectivity index (χ2v) is 2.99. The van der Waals surface area contributed by atoms with E-state index in [9.17, 15) is 8.78 Å². The predicted molar refractivity (Wildman–Crippen MR) is 37.5 cm³/mol. The minimum Gasteiger partial charge on any atom is -0.367 e. The topological polar surface area (TPSA) is 56.7 Å². The summed E-state index contributed by atoms with van der Waals surface area (Å²) >= 11 is 0. The number of nitrogens with zero attached hydrogens (tertiary/aromatic N) is 3. The van der Waals surface area contributed by atoms with Crippen molar-refractivity contribution >= 4 is 5.95 Å². The molecule has 1 fully saturated rings. The van der Waals surface area contributed by atoms with E-state index in [0.29, 0.717) is 0 Å². The first-order chi connectivity index (χ1) is 5.58. The normalized spacial score (nSPS) is 25.7. The first-order valence-electron chi connectivity index (χ1n) is 3.61. The first-order valence-corrected chi connectivity index (χ1v) is 3.61. The number of alkyl halides is 2. The number of halogens is 2. The highest BCUT2D eigenvalue weighted by molar-refractivity contribution is 5.09. The van der Waals surface area contributed by atoms with Crippen molar-refractivity contribution in [1.82, 2.24) is 14.8 Å². The number of hydrogen-bond acceptors (Lipinski definition) is 3. The van der Waals surface area contributed by atoms with Gasteiger partial charge in [0, 0.05) is 12.3 Å². The lowest BCUT2D eigenvalue weighted by molar-refractivity contribution is 0.0942. The van der Waals surface area contributed by atoms with Gasteiger partial charge >= 0.3 is 0 Å². The van der Waals surface area contributed by atoms with Gasteiger partial charge < -0.3 is 5.73 Å². The van der Waals surface area contributed by atoms with Gasteiger partial charge in [-0.2, -0.15) is 0 Å². The van der Waals surface area contributed by atoms with Crippen LogP contribution >= 0.6 is 0 Å². The van der Waals surface area contributed by atoms with Crippen LogP contribution in [0.3, 0.4) is 0 Å². The van der Waals surface area contributed by atoms with Gasteiger partial charge in [-0.25, -0.2) is 13.8 Å². The lowest BCUT2D eigenvalue weighted by atomic mass is 10.4. The molecule has 1 aromatic heterocycles. The number of anilines is 1. The zero-order chi connectivity index (χ0) is 8.77. The Bertz CT molecular complexity index is 295. The average Bonchev–Trinajstić information content (AvgIpc) is 2.41. The van der Waals surface area contributed by atoms with Gasteiger partial charge in [-0.05, 0) is 0 Å². The summed E-state index contributed by atoms with van der Waals surface area (Å²) in [5, 5.41) is 3.71. The van der Waals surface area contributed by atoms with Crippen LogP contribution in [0.25, 0.3) is 0 Å². The summed E-state index contributed by atoms with van der Waals surface area (Å²) in [7, 11) is 0. The quantitative estimate of drug-likeness (QED) is 0.710. The third-order valence-electron chi connectivity index (χ3n) is 1.92. The molecule has 0 bridgehead atoms. The molecule has 0 aromatic carbocycles. The standard InChI is InChI=1S/C6H8F2N4/c7-6(8)1-4(6)2-12-3-10-5(9)11-12/h3-4H,1-2H2,(H2,9,11). The molecule has 0 amide bonds. The lowest BCUT2D eigenvalue weighted by Gasteiger charge is -1.96. The van der Waals surface area contributed by atoms with E-state index in [0.717, 1.165) is 0 Å². The largest absolute Gasteiger partial charge is 0.367 e. The number of nitrogens with two attached hydrogens (primary N) is 1. The second-order valence-electron chi connectivity index (χ2n) is 2.99. The SMILES string of the molecule is Nc1ncn(CC2CC2(F)F)n1. The van der Waals surface area contributed by atoms with Crippen LogP contribution in [-0.2, 0) is 6.54 Å². The third kappa shape index (κ3) is 1.24. The first kappa shape index (κ1) is 7.45. The van der Waals surface area contributed by atoms with Crippen molar-refractivity contribution < 1.29 is 8.78 Å². The van der Waals surface area contributed by atoms with E-state index in [1.807, 2.05) is 0 Å². The average molecular weight is 174 g/mol. The molecule has 1 atom stereocenters. The Hall–Kier alpha value is -1.20. The fraction of sp³-hybridized carbons (Fsp3) is 0.667. The molecule has 1 aliphatic rings. The van der Waals surface area contributed by atoms with Crippen molar-refractivity contribution in [3.63, 3.8) is 0 Å². The number of aromatic nitrogens is 3. The van der Waals surface area contributed by atoms with Crippen LogP contribution in [0.1, 0.15) is 6.42 Å². The van der Waals surface area contributed by atoms with Gasteiger partial charge in [0.05, 0.1) is 6.54 Å². The van der Waals surface area contributed by atoms with Crippen LogP contribution in [-0.4, -0.2) is 20.7 Å². The zero-order valence-corrected chi connectivity index (χ0v) is 6.24. The minimum absolute atomic E-state index is 0.0488. The minimum atomic E-state index is -2.50. The van der Waals surface area contributed by atoms with Crippen molar-refractivity contribution in [3.05, 3.63) is 6.33 Å². The molecular weight excluding hydrogens is 166 g/mol. The van der Waals surface area contributed by atoms with Crippen LogP contribution < -0.4 is 5.73 Å². The van der Waals surface area contributed by atoms with E-state index in [4.69, 9.17) is 5.73 Å². The Labute approximate surface area is 67.4 Å². The van der Waals surface area contributed by atoms with Gasteiger partial charge in [0.2, 0.25) is 5.95 Å². The molecule has 1 aliphatic carbocycles. The number of nitrogen functional groups attached to an aromatic ring is 1. The summed E-state index contributed by atoms with van der Waals surface area (Å²) in [5.74, 6) is -2.96. The van der Waals surface area contributed by atoms with Crippen molar-refractivity contribution in [2.45, 2.75) is 18.9 Å². The molecule has 2 N–H and O–H groups in total. The molecule has 1 saturated carbocycles. The van der Waals surface area contributed by atoms with E-state index in [2.05, 4.69) is 10.1 Å². The molecule has 1 aromatic rings. The molecule has 66 valence electrons. The Balaban J connectivity index is 1.97. The van der Waals surface area contributed by atoms with Crippen LogP contribution in [0.15, 0.2) is 6.33 Å². The van der Waals surface area contributed by atoms with E-state index in [1.165, 1.54) is 11.0 Å². The molecule has 0 radical (unpaired) electrons. The number of hydrogen-bond donors (Lipinski definition) is 1. The Morgan fingerprint density at radius 2 is 2.42 bits per heavy atom. The van der Waals surface area contributed by atoms with Crippen molar-refractivity contribution in [2.24, 2.45) is 5.92 Å². The van der Waals surface area contributed by atoms with Gasteiger partial charge in [-0.15, -0.1) is 5.10 Å². The molecule has 1 heterocycles. The van der Waals surface area contributed by atoms with Gasteiger partial charge in [0.25, 0.3) is 5.92 Å². The molecule has 6 heteroatoms. The van der Waals surface area contributed by atoms with Crippen LogP contribution in [0.4, 0.5) is 14.7 Å². The fourth-order valence-corrected chi connectivity index (χ4v) is 1.09. The second kappa shape index (κ2) is 2.15. The van der Waals surface area contributed by atoms with Crippen LogP contribution in [0.5, 0.6) is 0 Å². The maximum absolute atomic E-state index is 12.4. The van der Waals surface area contributed by atoms with Gasteiger partial charge in [0.1, 0.15) is 6.33 Å². The van der Waals surface area contributed by atoms with Crippen molar-refractivity contribution in [2.75, 3.05) is 5.73 Å². The van der Waals surface area contributed by atoms with Gasteiger partial charge in [0.15, 0.2) is 0 Å². The third-order valence-corrected chi connectivity index (χ3v) is 1.92. The number of rotatable bonds is 2. The van der Waals surface area contributed by atoms with Gasteiger partial charge in [-0.1, -0.05) is 0 Å². The molecule has 0 saturated heterocycles. The smallest absolute Gasteiger partial charge is 0.253 e. The summed E-state index contributed by atoms with van der Waals surface area (Å²) in [6, 6.07) is 0. The summed E-state index contributed by atoms with van der Waals surface area (Å²) < 4.78 is 26.1. The maximum Gasteiger partial charge on any atom is 0.253 e. The highest BCUT2D eigenvalue weighted by atomic mass is 19.3. The summed E-state index contributed by atoms with van der Waals surface area (Å²) in [6.45, 7) is 0.206. The molecule has 12 heavy (non-hydrogen) atoms. The van der Waals surface area contributed by atoms with E-state index in [-0.39, 0.29) is 18.9 Å². The Kier molecular flexibility index (Phi) is 1.33. The molecule has 4 nitrogen and oxygen atoms in total. The van der Waals surface area contributed by atoms with Crippen molar-refractivity contribution in [3.8, 4) is 0 Å². The molecule has 1 unspecified atom stereocenters. The molecule has 2 rings (SSSR count). The molecule has 0 spiro atoms. The highest BCUT2D eigenvalue weighted by Gasteiger charge is 2.56. The fourth-order valence-electron chi connectivity index (χ4n) is 1.09. The lowest BCUT2D eigenvalue weighted by Crippen LogP contribution is -2.05. The molecule has 0 aliphatic heterocycles.